The number of nitrogens with zero attached hydrogens (tertiary/aromatic N) is 1. The highest BCUT2D eigenvalue weighted by Gasteiger charge is 2.41. The summed E-state index contributed by atoms with van der Waals surface area (Å²) in [5.41, 5.74) is 4.44. The summed E-state index contributed by atoms with van der Waals surface area (Å²) >= 11 is 1.17. The summed E-state index contributed by atoms with van der Waals surface area (Å²) in [7, 11) is 3.00. The second-order valence-electron chi connectivity index (χ2n) is 9.63. The van der Waals surface area contributed by atoms with Crippen LogP contribution in [0.2, 0.25) is 0 Å². The monoisotopic (exact) mass is 579 g/mol. The summed E-state index contributed by atoms with van der Waals surface area (Å²) in [6.45, 7) is 3.93. The van der Waals surface area contributed by atoms with Crippen LogP contribution in [-0.4, -0.2) is 31.9 Å². The molecule has 4 aromatic carbocycles. The van der Waals surface area contributed by atoms with Crippen molar-refractivity contribution in [1.29, 1.82) is 0 Å². The smallest absolute Gasteiger partial charge is 0.283 e. The molecule has 212 valence electrons. The number of thioether (sulfide) groups is 1. The van der Waals surface area contributed by atoms with Crippen LogP contribution >= 0.6 is 11.8 Å². The van der Waals surface area contributed by atoms with Crippen molar-refractivity contribution in [3.05, 3.63) is 118 Å². The number of aryl methyl sites for hydroxylation is 2. The van der Waals surface area contributed by atoms with Crippen LogP contribution in [0.3, 0.4) is 0 Å². The van der Waals surface area contributed by atoms with Crippen LogP contribution in [0.5, 0.6) is 11.5 Å². The Morgan fingerprint density at radius 3 is 1.98 bits per heavy atom. The molecule has 0 radical (unpaired) electrons. The molecule has 42 heavy (non-hydrogen) atoms. The predicted octanol–water partition coefficient (Wildman–Crippen LogP) is 6.56. The number of amides is 3. The molecule has 3 amide bonds. The molecule has 0 atom stereocenters. The second kappa shape index (κ2) is 12.2. The average molecular weight is 580 g/mol. The fourth-order valence-electron chi connectivity index (χ4n) is 4.32. The predicted molar refractivity (Wildman–Crippen MR) is 165 cm³/mol. The Morgan fingerprint density at radius 2 is 1.36 bits per heavy atom. The molecule has 0 aromatic heterocycles. The molecule has 9 heteroatoms. The first-order valence-electron chi connectivity index (χ1n) is 13.1. The van der Waals surface area contributed by atoms with Gasteiger partial charge in [-0.25, -0.2) is 4.90 Å². The maximum Gasteiger partial charge on any atom is 0.283 e. The van der Waals surface area contributed by atoms with Crippen molar-refractivity contribution < 1.29 is 23.9 Å². The summed E-state index contributed by atoms with van der Waals surface area (Å²) in [4.78, 5) is 42.3. The number of anilines is 3. The lowest BCUT2D eigenvalue weighted by Gasteiger charge is -2.19. The number of methoxy groups -OCH3 is 2. The minimum atomic E-state index is -0.506. The Kier molecular flexibility index (Phi) is 8.31. The van der Waals surface area contributed by atoms with Crippen molar-refractivity contribution in [2.75, 3.05) is 29.8 Å². The largest absolute Gasteiger partial charge is 0.497 e. The molecule has 1 heterocycles. The number of carbonyl (C=O) groups excluding carboxylic acids is 3. The zero-order valence-electron chi connectivity index (χ0n) is 23.6. The molecule has 5 rings (SSSR count). The van der Waals surface area contributed by atoms with E-state index in [1.807, 2.05) is 50.2 Å². The van der Waals surface area contributed by atoms with Crippen molar-refractivity contribution in [3.63, 3.8) is 0 Å². The summed E-state index contributed by atoms with van der Waals surface area (Å²) in [5, 5.41) is 6.05. The number of hydrogen-bond acceptors (Lipinski definition) is 7. The van der Waals surface area contributed by atoms with Gasteiger partial charge in [0.25, 0.3) is 17.7 Å². The molecular weight excluding hydrogens is 550 g/mol. The van der Waals surface area contributed by atoms with Gasteiger partial charge in [0.15, 0.2) is 0 Å². The molecule has 0 fully saturated rings. The summed E-state index contributed by atoms with van der Waals surface area (Å²) in [6, 6.07) is 26.9. The Bertz CT molecular complexity index is 1680. The summed E-state index contributed by atoms with van der Waals surface area (Å²) in [6.07, 6.45) is 0. The highest BCUT2D eigenvalue weighted by Crippen LogP contribution is 2.41. The molecular formula is C33H29N3O5S. The van der Waals surface area contributed by atoms with Gasteiger partial charge in [0.05, 0.1) is 19.9 Å². The van der Waals surface area contributed by atoms with Crippen LogP contribution in [0, 0.1) is 13.8 Å². The minimum Gasteiger partial charge on any atom is -0.497 e. The lowest BCUT2D eigenvalue weighted by molar-refractivity contribution is -0.120. The third-order valence-corrected chi connectivity index (χ3v) is 7.73. The Morgan fingerprint density at radius 1 is 0.738 bits per heavy atom. The van der Waals surface area contributed by atoms with E-state index in [0.717, 1.165) is 16.0 Å². The van der Waals surface area contributed by atoms with Crippen LogP contribution in [-0.2, 0) is 9.59 Å². The summed E-state index contributed by atoms with van der Waals surface area (Å²) in [5.74, 6) is -0.354. The van der Waals surface area contributed by atoms with Gasteiger partial charge in [-0.1, -0.05) is 47.2 Å². The van der Waals surface area contributed by atoms with Gasteiger partial charge < -0.3 is 20.1 Å². The van der Waals surface area contributed by atoms with Crippen molar-refractivity contribution >= 4 is 46.5 Å². The fraction of sp³-hybridized carbons (Fsp3) is 0.121. The molecule has 4 aromatic rings. The number of benzene rings is 4. The van der Waals surface area contributed by atoms with Crippen LogP contribution < -0.4 is 25.0 Å². The normalized spacial score (nSPS) is 12.9. The highest BCUT2D eigenvalue weighted by atomic mass is 32.2. The SMILES string of the molecule is COc1ccc(N2C(=O)C(Nc3ccc(C)cc3)=C(Sc3ccc(NC(=O)c4ccc(C)cc4)cc3)C2=O)c(OC)c1. The molecule has 2 N–H and O–H groups in total. The zero-order chi connectivity index (χ0) is 29.8. The Hall–Kier alpha value is -5.02. The molecule has 1 aliphatic heterocycles. The van der Waals surface area contributed by atoms with Gasteiger partial charge in [-0.05, 0) is 74.5 Å². The van der Waals surface area contributed by atoms with Gasteiger partial charge in [-0.3, -0.25) is 14.4 Å². The average Bonchev–Trinajstić information content (AvgIpc) is 3.22. The number of carbonyl (C=O) groups is 3. The van der Waals surface area contributed by atoms with E-state index in [2.05, 4.69) is 10.6 Å². The van der Waals surface area contributed by atoms with E-state index in [-0.39, 0.29) is 16.5 Å². The van der Waals surface area contributed by atoms with Crippen LogP contribution in [0.15, 0.2) is 106 Å². The molecule has 8 nitrogen and oxygen atoms in total. The lowest BCUT2D eigenvalue weighted by atomic mass is 10.1. The Labute approximate surface area is 248 Å². The standard InChI is InChI=1S/C33H29N3O5S/c1-20-5-9-22(10-6-20)31(37)35-24-13-16-26(17-14-24)42-30-29(34-23-11-7-21(2)8-12-23)32(38)36(33(30)39)27-18-15-25(40-3)19-28(27)41-4/h5-19,34H,1-4H3,(H,35,37). The van der Waals surface area contributed by atoms with Crippen LogP contribution in [0.1, 0.15) is 21.5 Å². The number of ether oxygens (including phenoxy) is 2. The molecule has 1 aliphatic rings. The van der Waals surface area contributed by atoms with E-state index >= 15 is 0 Å². The maximum absolute atomic E-state index is 13.8. The molecule has 0 unspecified atom stereocenters. The third-order valence-electron chi connectivity index (χ3n) is 6.64. The van der Waals surface area contributed by atoms with Crippen molar-refractivity contribution in [2.24, 2.45) is 0 Å². The van der Waals surface area contributed by atoms with E-state index in [4.69, 9.17) is 9.47 Å². The van der Waals surface area contributed by atoms with Crippen molar-refractivity contribution in [2.45, 2.75) is 18.7 Å². The fourth-order valence-corrected chi connectivity index (χ4v) is 5.24. The topological polar surface area (TPSA) is 97.0 Å². The number of nitrogens with one attached hydrogen (secondary N) is 2. The number of imide groups is 1. The van der Waals surface area contributed by atoms with Crippen molar-refractivity contribution in [3.8, 4) is 11.5 Å². The molecule has 0 aliphatic carbocycles. The molecule has 0 saturated heterocycles. The third kappa shape index (κ3) is 6.01. The van der Waals surface area contributed by atoms with Gasteiger partial charge in [-0.2, -0.15) is 0 Å². The van der Waals surface area contributed by atoms with E-state index in [0.29, 0.717) is 39.0 Å². The van der Waals surface area contributed by atoms with E-state index in [1.54, 1.807) is 54.6 Å². The quantitative estimate of drug-likeness (QED) is 0.217. The first kappa shape index (κ1) is 28.5. The number of rotatable bonds is 9. The van der Waals surface area contributed by atoms with E-state index < -0.39 is 11.8 Å². The zero-order valence-corrected chi connectivity index (χ0v) is 24.4. The van der Waals surface area contributed by atoms with Crippen LogP contribution in [0.25, 0.3) is 0 Å². The maximum atomic E-state index is 13.8. The molecule has 0 spiro atoms. The van der Waals surface area contributed by atoms with Gasteiger partial charge in [0.2, 0.25) is 0 Å². The van der Waals surface area contributed by atoms with E-state index in [1.165, 1.54) is 26.0 Å². The van der Waals surface area contributed by atoms with Crippen LogP contribution in [0.4, 0.5) is 17.1 Å². The second-order valence-corrected chi connectivity index (χ2v) is 10.7. The molecule has 0 saturated carbocycles. The first-order valence-corrected chi connectivity index (χ1v) is 13.9. The van der Waals surface area contributed by atoms with Gasteiger partial charge in [0.1, 0.15) is 22.1 Å². The van der Waals surface area contributed by atoms with Crippen molar-refractivity contribution in [1.82, 2.24) is 0 Å². The summed E-state index contributed by atoms with van der Waals surface area (Å²) < 4.78 is 10.8. The van der Waals surface area contributed by atoms with Gasteiger partial charge in [-0.15, -0.1) is 0 Å². The molecule has 0 bridgehead atoms. The van der Waals surface area contributed by atoms with Gasteiger partial charge in [0, 0.05) is 27.9 Å². The highest BCUT2D eigenvalue weighted by molar-refractivity contribution is 8.04. The lowest BCUT2D eigenvalue weighted by Crippen LogP contribution is -2.32. The first-order chi connectivity index (χ1) is 20.3. The Balaban J connectivity index is 1.43. The number of hydrogen-bond donors (Lipinski definition) is 2. The van der Waals surface area contributed by atoms with E-state index in [9.17, 15) is 14.4 Å². The van der Waals surface area contributed by atoms with Gasteiger partial charge >= 0.3 is 0 Å². The minimum absolute atomic E-state index is 0.156.